The summed E-state index contributed by atoms with van der Waals surface area (Å²) in [6, 6.07) is 0. The molecule has 9 heavy (non-hydrogen) atoms. The van der Waals surface area contributed by atoms with Gasteiger partial charge in [0.1, 0.15) is 0 Å². The lowest BCUT2D eigenvalue weighted by Gasteiger charge is -2.02. The second kappa shape index (κ2) is 3.42. The van der Waals surface area contributed by atoms with Crippen LogP contribution in [-0.2, 0) is 0 Å². The first kappa shape index (κ1) is 8.38. The molecule has 6 heteroatoms. The van der Waals surface area contributed by atoms with Gasteiger partial charge in [0.25, 0.3) is 0 Å². The van der Waals surface area contributed by atoms with E-state index in [1.807, 2.05) is 0 Å². The van der Waals surface area contributed by atoms with E-state index in [9.17, 15) is 10.1 Å². The number of hydrogen-bond acceptors (Lipinski definition) is 4. The number of nitrogens with zero attached hydrogens (tertiary/aromatic N) is 1. The Labute approximate surface area is 52.6 Å². The third-order valence-electron chi connectivity index (χ3n) is 1.03. The van der Waals surface area contributed by atoms with Crippen molar-refractivity contribution in [2.24, 2.45) is 0 Å². The molecule has 52 valence electrons. The van der Waals surface area contributed by atoms with Gasteiger partial charge in [0.05, 0.1) is 0 Å². The molecule has 0 bridgehead atoms. The van der Waals surface area contributed by atoms with Gasteiger partial charge in [0.2, 0.25) is 5.94 Å². The van der Waals surface area contributed by atoms with E-state index in [4.69, 9.17) is 10.0 Å². The molecule has 0 saturated carbocycles. The maximum absolute atomic E-state index is 9.86. The van der Waals surface area contributed by atoms with Crippen LogP contribution in [-0.4, -0.2) is 28.0 Å². The van der Waals surface area contributed by atoms with E-state index in [1.54, 1.807) is 0 Å². The molecule has 1 unspecified atom stereocenters. The summed E-state index contributed by atoms with van der Waals surface area (Å²) >= 11 is 0. The summed E-state index contributed by atoms with van der Waals surface area (Å²) in [5.74, 6) is -1.25. The summed E-state index contributed by atoms with van der Waals surface area (Å²) in [5.41, 5.74) is 0. The summed E-state index contributed by atoms with van der Waals surface area (Å²) < 4.78 is 0. The first-order chi connectivity index (χ1) is 4.09. The second-order valence-corrected chi connectivity index (χ2v) is 1.67. The molecule has 5 nitrogen and oxygen atoms in total. The van der Waals surface area contributed by atoms with Crippen LogP contribution in [0, 0.1) is 10.1 Å². The van der Waals surface area contributed by atoms with Crippen LogP contribution in [0.5, 0.6) is 0 Å². The molecule has 0 rings (SSSR count). The monoisotopic (exact) mass is 133 g/mol. The molecule has 0 aliphatic carbocycles. The Morgan fingerprint density at radius 1 is 1.78 bits per heavy atom. The molecule has 0 heterocycles. The maximum atomic E-state index is 9.86. The van der Waals surface area contributed by atoms with E-state index in [0.29, 0.717) is 0 Å². The van der Waals surface area contributed by atoms with Gasteiger partial charge in [-0.2, -0.15) is 0 Å². The molecule has 0 aromatic heterocycles. The molecule has 0 saturated heterocycles. The quantitative estimate of drug-likeness (QED) is 0.295. The van der Waals surface area contributed by atoms with Crippen LogP contribution in [0.25, 0.3) is 0 Å². The fourth-order valence-corrected chi connectivity index (χ4v) is 0.469. The van der Waals surface area contributed by atoms with Gasteiger partial charge in [-0.05, 0) is 0 Å². The van der Waals surface area contributed by atoms with Crippen LogP contribution in [0.15, 0.2) is 0 Å². The van der Waals surface area contributed by atoms with Gasteiger partial charge < -0.3 is 10.0 Å². The van der Waals surface area contributed by atoms with Gasteiger partial charge >= 0.3 is 7.12 Å². The van der Waals surface area contributed by atoms with Crippen LogP contribution >= 0.6 is 0 Å². The lowest BCUT2D eigenvalue weighted by molar-refractivity contribution is -0.504. The number of hydrogen-bond donors (Lipinski definition) is 2. The first-order valence-electron chi connectivity index (χ1n) is 2.59. The van der Waals surface area contributed by atoms with Crippen molar-refractivity contribution in [3.8, 4) is 0 Å². The highest BCUT2D eigenvalue weighted by Gasteiger charge is 2.32. The van der Waals surface area contributed by atoms with E-state index in [1.165, 1.54) is 6.92 Å². The Kier molecular flexibility index (Phi) is 3.18. The van der Waals surface area contributed by atoms with Gasteiger partial charge in [-0.25, -0.2) is 0 Å². The van der Waals surface area contributed by atoms with Crippen molar-refractivity contribution in [3.05, 3.63) is 10.1 Å². The molecule has 2 N–H and O–H groups in total. The average molecular weight is 133 g/mol. The third-order valence-corrected chi connectivity index (χ3v) is 1.03. The normalized spacial score (nSPS) is 12.8. The SMILES string of the molecule is CCC(B(O)O)[N+](=O)[O-]. The Bertz CT molecular complexity index is 106. The van der Waals surface area contributed by atoms with E-state index >= 15 is 0 Å². The van der Waals surface area contributed by atoms with Gasteiger partial charge in [0.15, 0.2) is 0 Å². The Morgan fingerprint density at radius 2 is 2.22 bits per heavy atom. The standard InChI is InChI=1S/C3H8BNO4/c1-2-3(4(6)7)5(8)9/h3,6-7H,2H2,1H3. The van der Waals surface area contributed by atoms with E-state index < -0.39 is 18.0 Å². The fraction of sp³-hybridized carbons (Fsp3) is 1.00. The van der Waals surface area contributed by atoms with Crippen molar-refractivity contribution < 1.29 is 15.0 Å². The Hall–Kier alpha value is -0.615. The van der Waals surface area contributed by atoms with Gasteiger partial charge in [-0.3, -0.25) is 10.1 Å². The maximum Gasteiger partial charge on any atom is 0.533 e. The first-order valence-corrected chi connectivity index (χ1v) is 2.59. The van der Waals surface area contributed by atoms with E-state index in [2.05, 4.69) is 0 Å². The highest BCUT2D eigenvalue weighted by molar-refractivity contribution is 6.42. The van der Waals surface area contributed by atoms with Crippen molar-refractivity contribution in [1.29, 1.82) is 0 Å². The third kappa shape index (κ3) is 2.43. The molecular weight excluding hydrogens is 125 g/mol. The van der Waals surface area contributed by atoms with Crippen molar-refractivity contribution >= 4 is 7.12 Å². The topological polar surface area (TPSA) is 83.6 Å². The molecule has 0 radical (unpaired) electrons. The molecule has 0 fully saturated rings. The van der Waals surface area contributed by atoms with Crippen molar-refractivity contribution in [2.75, 3.05) is 0 Å². The number of rotatable bonds is 3. The van der Waals surface area contributed by atoms with Crippen LogP contribution in [0.2, 0.25) is 0 Å². The molecule has 0 aromatic rings. The largest absolute Gasteiger partial charge is 0.533 e. The van der Waals surface area contributed by atoms with Crippen LogP contribution < -0.4 is 0 Å². The van der Waals surface area contributed by atoms with E-state index in [0.717, 1.165) is 0 Å². The molecule has 0 aromatic carbocycles. The van der Waals surface area contributed by atoms with Crippen LogP contribution in [0.4, 0.5) is 0 Å². The summed E-state index contributed by atoms with van der Waals surface area (Å²) in [4.78, 5) is 9.15. The summed E-state index contributed by atoms with van der Waals surface area (Å²) in [7, 11) is -1.84. The zero-order valence-corrected chi connectivity index (χ0v) is 5.02. The highest BCUT2D eigenvalue weighted by atomic mass is 16.6. The van der Waals surface area contributed by atoms with Crippen LogP contribution in [0.3, 0.4) is 0 Å². The van der Waals surface area contributed by atoms with E-state index in [-0.39, 0.29) is 6.42 Å². The fourth-order valence-electron chi connectivity index (χ4n) is 0.469. The molecule has 0 aliphatic rings. The summed E-state index contributed by atoms with van der Waals surface area (Å²) in [6.45, 7) is 1.52. The minimum atomic E-state index is -1.84. The van der Waals surface area contributed by atoms with Gasteiger partial charge in [0, 0.05) is 11.3 Å². The highest BCUT2D eigenvalue weighted by Crippen LogP contribution is 1.96. The zero-order valence-electron chi connectivity index (χ0n) is 5.02. The van der Waals surface area contributed by atoms with Gasteiger partial charge in [-0.1, -0.05) is 6.92 Å². The second-order valence-electron chi connectivity index (χ2n) is 1.67. The molecular formula is C3H8BNO4. The van der Waals surface area contributed by atoms with Gasteiger partial charge in [-0.15, -0.1) is 0 Å². The molecule has 0 spiro atoms. The minimum Gasteiger partial charge on any atom is -0.422 e. The molecule has 1 atom stereocenters. The lowest BCUT2D eigenvalue weighted by Crippen LogP contribution is -2.37. The van der Waals surface area contributed by atoms with Crippen molar-refractivity contribution in [2.45, 2.75) is 19.3 Å². The summed E-state index contributed by atoms with van der Waals surface area (Å²) in [5, 5.41) is 26.5. The lowest BCUT2D eigenvalue weighted by atomic mass is 9.78. The predicted molar refractivity (Wildman–Crippen MR) is 31.3 cm³/mol. The Morgan fingerprint density at radius 3 is 2.22 bits per heavy atom. The smallest absolute Gasteiger partial charge is 0.422 e. The molecule has 0 amide bonds. The van der Waals surface area contributed by atoms with Crippen molar-refractivity contribution in [3.63, 3.8) is 0 Å². The Balaban J connectivity index is 3.83. The predicted octanol–water partition coefficient (Wildman–Crippen LogP) is -0.946. The zero-order chi connectivity index (χ0) is 7.44. The average Bonchev–Trinajstić information content (AvgIpc) is 1.64. The molecule has 0 aliphatic heterocycles. The van der Waals surface area contributed by atoms with Crippen LogP contribution in [0.1, 0.15) is 13.3 Å². The summed E-state index contributed by atoms with van der Waals surface area (Å²) in [6.07, 6.45) is 0.130. The minimum absolute atomic E-state index is 0.130. The number of nitro groups is 1. The van der Waals surface area contributed by atoms with Crippen molar-refractivity contribution in [1.82, 2.24) is 0 Å².